The summed E-state index contributed by atoms with van der Waals surface area (Å²) >= 11 is 6.16. The Kier molecular flexibility index (Phi) is 4.52. The zero-order valence-electron chi connectivity index (χ0n) is 13.4. The molecule has 1 aromatic heterocycles. The summed E-state index contributed by atoms with van der Waals surface area (Å²) in [6.07, 6.45) is 1.69. The first-order valence-corrected chi connectivity index (χ1v) is 7.98. The van der Waals surface area contributed by atoms with Gasteiger partial charge in [-0.15, -0.1) is 0 Å². The summed E-state index contributed by atoms with van der Waals surface area (Å²) in [5, 5.41) is 4.47. The second kappa shape index (κ2) is 6.46. The monoisotopic (exact) mass is 346 g/mol. The smallest absolute Gasteiger partial charge is 0.124 e. The Morgan fingerprint density at radius 3 is 2.62 bits per heavy atom. The highest BCUT2D eigenvalue weighted by Crippen LogP contribution is 2.29. The van der Waals surface area contributed by atoms with Gasteiger partial charge in [0.15, 0.2) is 0 Å². The first kappa shape index (κ1) is 16.8. The topological polar surface area (TPSA) is 24.9 Å². The normalized spacial score (nSPS) is 11.9. The molecular weight excluding hydrogens is 330 g/mol. The van der Waals surface area contributed by atoms with Crippen LogP contribution in [-0.2, 0) is 12.1 Å². The fraction of sp³-hybridized carbons (Fsp3) is 0.211. The molecule has 0 amide bonds. The molecule has 0 unspecified atom stereocenters. The summed E-state index contributed by atoms with van der Waals surface area (Å²) in [5.74, 6) is -0.676. The molecule has 0 aliphatic heterocycles. The maximum Gasteiger partial charge on any atom is 0.124 e. The lowest BCUT2D eigenvalue weighted by atomic mass is 9.93. The van der Waals surface area contributed by atoms with E-state index in [1.54, 1.807) is 18.3 Å². The second-order valence-electron chi connectivity index (χ2n) is 6.24. The fourth-order valence-electron chi connectivity index (χ4n) is 2.77. The van der Waals surface area contributed by atoms with Crippen LogP contribution >= 0.6 is 11.6 Å². The SMILES string of the molecule is CC(C)(NCc1cc(F)cc2cccnc12)c1ccc(F)cc1Cl. The van der Waals surface area contributed by atoms with Crippen molar-refractivity contribution in [1.82, 2.24) is 10.3 Å². The average molecular weight is 347 g/mol. The molecule has 124 valence electrons. The number of benzene rings is 2. The van der Waals surface area contributed by atoms with Gasteiger partial charge < -0.3 is 5.32 Å². The summed E-state index contributed by atoms with van der Waals surface area (Å²) in [6, 6.07) is 10.9. The number of rotatable bonds is 4. The van der Waals surface area contributed by atoms with Crippen LogP contribution in [0.4, 0.5) is 8.78 Å². The molecule has 0 aliphatic carbocycles. The van der Waals surface area contributed by atoms with Crippen LogP contribution in [0.25, 0.3) is 10.9 Å². The van der Waals surface area contributed by atoms with Crippen LogP contribution in [0.15, 0.2) is 48.7 Å². The molecule has 0 spiro atoms. The Morgan fingerprint density at radius 1 is 1.08 bits per heavy atom. The van der Waals surface area contributed by atoms with Crippen LogP contribution < -0.4 is 5.32 Å². The number of nitrogens with zero attached hydrogens (tertiary/aromatic N) is 1. The van der Waals surface area contributed by atoms with Gasteiger partial charge in [-0.25, -0.2) is 8.78 Å². The Bertz CT molecular complexity index is 894. The molecule has 0 aliphatic rings. The molecule has 1 heterocycles. The van der Waals surface area contributed by atoms with E-state index in [4.69, 9.17) is 11.6 Å². The van der Waals surface area contributed by atoms with Gasteiger partial charge in [0.25, 0.3) is 0 Å². The first-order chi connectivity index (χ1) is 11.4. The summed E-state index contributed by atoms with van der Waals surface area (Å²) in [4.78, 5) is 4.34. The lowest BCUT2D eigenvalue weighted by molar-refractivity contribution is 0.401. The van der Waals surface area contributed by atoms with Gasteiger partial charge in [-0.1, -0.05) is 23.7 Å². The molecular formula is C19H17ClF2N2. The van der Waals surface area contributed by atoms with Gasteiger partial charge in [-0.3, -0.25) is 4.98 Å². The Labute approximate surface area is 144 Å². The maximum absolute atomic E-state index is 13.8. The Balaban J connectivity index is 1.90. The van der Waals surface area contributed by atoms with E-state index in [0.29, 0.717) is 11.6 Å². The Morgan fingerprint density at radius 2 is 1.88 bits per heavy atom. The van der Waals surface area contributed by atoms with Gasteiger partial charge in [0.05, 0.1) is 5.52 Å². The first-order valence-electron chi connectivity index (χ1n) is 7.60. The van der Waals surface area contributed by atoms with Crippen molar-refractivity contribution < 1.29 is 8.78 Å². The van der Waals surface area contributed by atoms with Crippen molar-refractivity contribution in [2.24, 2.45) is 0 Å². The van der Waals surface area contributed by atoms with Gasteiger partial charge in [-0.05, 0) is 55.3 Å². The van der Waals surface area contributed by atoms with Crippen molar-refractivity contribution in [3.8, 4) is 0 Å². The van der Waals surface area contributed by atoms with Crippen LogP contribution in [0.1, 0.15) is 25.0 Å². The van der Waals surface area contributed by atoms with E-state index in [9.17, 15) is 8.78 Å². The van der Waals surface area contributed by atoms with E-state index in [1.807, 2.05) is 19.9 Å². The molecule has 0 radical (unpaired) electrons. The van der Waals surface area contributed by atoms with E-state index in [-0.39, 0.29) is 11.6 Å². The van der Waals surface area contributed by atoms with E-state index < -0.39 is 5.54 Å². The predicted molar refractivity (Wildman–Crippen MR) is 93.0 cm³/mol. The van der Waals surface area contributed by atoms with Crippen molar-refractivity contribution >= 4 is 22.5 Å². The molecule has 5 heteroatoms. The molecule has 1 N–H and O–H groups in total. The van der Waals surface area contributed by atoms with Gasteiger partial charge >= 0.3 is 0 Å². The second-order valence-corrected chi connectivity index (χ2v) is 6.65. The van der Waals surface area contributed by atoms with Crippen LogP contribution in [0.2, 0.25) is 5.02 Å². The van der Waals surface area contributed by atoms with Gasteiger partial charge in [0.1, 0.15) is 11.6 Å². The van der Waals surface area contributed by atoms with Crippen molar-refractivity contribution in [2.45, 2.75) is 25.9 Å². The highest BCUT2D eigenvalue weighted by molar-refractivity contribution is 6.31. The fourth-order valence-corrected chi connectivity index (χ4v) is 3.17. The minimum absolute atomic E-state index is 0.301. The molecule has 2 nitrogen and oxygen atoms in total. The van der Waals surface area contributed by atoms with Crippen LogP contribution in [0.3, 0.4) is 0 Å². The molecule has 0 fully saturated rings. The summed E-state index contributed by atoms with van der Waals surface area (Å²) in [7, 11) is 0. The maximum atomic E-state index is 13.8. The van der Waals surface area contributed by atoms with Crippen molar-refractivity contribution in [3.63, 3.8) is 0 Å². The zero-order chi connectivity index (χ0) is 17.3. The third-order valence-electron chi connectivity index (χ3n) is 4.07. The molecule has 0 bridgehead atoms. The van der Waals surface area contributed by atoms with Crippen molar-refractivity contribution in [1.29, 1.82) is 0 Å². The number of aromatic nitrogens is 1. The lowest BCUT2D eigenvalue weighted by Gasteiger charge is -2.28. The molecule has 0 saturated heterocycles. The molecule has 24 heavy (non-hydrogen) atoms. The quantitative estimate of drug-likeness (QED) is 0.703. The van der Waals surface area contributed by atoms with Crippen LogP contribution in [-0.4, -0.2) is 4.98 Å². The standard InChI is InChI=1S/C19H17ClF2N2/c1-19(2,16-6-5-14(21)10-17(16)20)24-11-13-9-15(22)8-12-4-3-7-23-18(12)13/h3-10,24H,11H2,1-2H3. The molecule has 0 saturated carbocycles. The van der Waals surface area contributed by atoms with E-state index in [1.165, 1.54) is 24.3 Å². The van der Waals surface area contributed by atoms with E-state index in [2.05, 4.69) is 10.3 Å². The highest BCUT2D eigenvalue weighted by atomic mass is 35.5. The van der Waals surface area contributed by atoms with E-state index >= 15 is 0 Å². The average Bonchev–Trinajstić information content (AvgIpc) is 2.52. The summed E-state index contributed by atoms with van der Waals surface area (Å²) < 4.78 is 27.1. The lowest BCUT2D eigenvalue weighted by Crippen LogP contribution is -2.36. The van der Waals surface area contributed by atoms with Crippen molar-refractivity contribution in [2.75, 3.05) is 0 Å². The Hall–Kier alpha value is -2.04. The van der Waals surface area contributed by atoms with Crippen LogP contribution in [0, 0.1) is 11.6 Å². The number of hydrogen-bond acceptors (Lipinski definition) is 2. The number of pyridine rings is 1. The van der Waals surface area contributed by atoms with Crippen molar-refractivity contribution in [3.05, 3.63) is 76.4 Å². The van der Waals surface area contributed by atoms with Gasteiger partial charge in [-0.2, -0.15) is 0 Å². The molecule has 2 aromatic carbocycles. The van der Waals surface area contributed by atoms with Gasteiger partial charge in [0, 0.05) is 28.7 Å². The number of fused-ring (bicyclic) bond motifs is 1. The minimum atomic E-state index is -0.516. The largest absolute Gasteiger partial charge is 0.304 e. The third-order valence-corrected chi connectivity index (χ3v) is 4.39. The number of nitrogens with one attached hydrogen (secondary N) is 1. The highest BCUT2D eigenvalue weighted by Gasteiger charge is 2.23. The third kappa shape index (κ3) is 3.40. The van der Waals surface area contributed by atoms with E-state index in [0.717, 1.165) is 22.0 Å². The minimum Gasteiger partial charge on any atom is -0.304 e. The molecule has 3 aromatic rings. The van der Waals surface area contributed by atoms with Crippen LogP contribution in [0.5, 0.6) is 0 Å². The molecule has 0 atom stereocenters. The zero-order valence-corrected chi connectivity index (χ0v) is 14.2. The summed E-state index contributed by atoms with van der Waals surface area (Å²) in [5.41, 5.74) is 1.78. The molecule has 3 rings (SSSR count). The summed E-state index contributed by atoms with van der Waals surface area (Å²) in [6.45, 7) is 4.30. The number of hydrogen-bond donors (Lipinski definition) is 1. The predicted octanol–water partition coefficient (Wildman–Crippen LogP) is 5.19. The van der Waals surface area contributed by atoms with Gasteiger partial charge in [0.2, 0.25) is 0 Å². The number of halogens is 3.